The molecule has 0 bridgehead atoms. The van der Waals surface area contributed by atoms with E-state index in [0.717, 1.165) is 5.92 Å². The van der Waals surface area contributed by atoms with E-state index in [1.165, 1.54) is 57.8 Å². The summed E-state index contributed by atoms with van der Waals surface area (Å²) in [6, 6.07) is 0. The normalized spacial score (nSPS) is 32.3. The Morgan fingerprint density at radius 1 is 1.00 bits per heavy atom. The monoisotopic (exact) mass is 208 g/mol. The van der Waals surface area contributed by atoms with Crippen molar-refractivity contribution in [1.82, 2.24) is 0 Å². The van der Waals surface area contributed by atoms with Gasteiger partial charge in [0.25, 0.3) is 0 Å². The molecule has 0 aromatic carbocycles. The molecule has 0 amide bonds. The van der Waals surface area contributed by atoms with Crippen molar-refractivity contribution in [2.75, 3.05) is 0 Å². The van der Waals surface area contributed by atoms with Crippen LogP contribution in [-0.4, -0.2) is 5.78 Å². The molecule has 2 fully saturated rings. The van der Waals surface area contributed by atoms with Crippen molar-refractivity contribution < 1.29 is 4.79 Å². The predicted octanol–water partition coefficient (Wildman–Crippen LogP) is 3.96. The van der Waals surface area contributed by atoms with Crippen LogP contribution in [0.25, 0.3) is 0 Å². The van der Waals surface area contributed by atoms with Crippen molar-refractivity contribution in [3.05, 3.63) is 0 Å². The third-order valence-corrected chi connectivity index (χ3v) is 4.45. The first-order valence-electron chi connectivity index (χ1n) is 6.85. The summed E-state index contributed by atoms with van der Waals surface area (Å²) >= 11 is 0. The minimum atomic E-state index is 0.448. The number of hydrogen-bond acceptors (Lipinski definition) is 1. The quantitative estimate of drug-likeness (QED) is 0.683. The average Bonchev–Trinajstić information content (AvgIpc) is 2.16. The molecule has 2 aliphatic rings. The molecule has 0 saturated heterocycles. The fraction of sp³-hybridized carbons (Fsp3) is 0.929. The number of ketones is 1. The van der Waals surface area contributed by atoms with Gasteiger partial charge in [-0.1, -0.05) is 26.2 Å². The minimum Gasteiger partial charge on any atom is -0.299 e. The zero-order valence-corrected chi connectivity index (χ0v) is 10.0. The molecule has 0 aromatic heterocycles. The van der Waals surface area contributed by atoms with E-state index in [9.17, 15) is 4.79 Å². The number of carbonyl (C=O) groups excluding carboxylic acids is 1. The molecular weight excluding hydrogens is 184 g/mol. The van der Waals surface area contributed by atoms with Crippen LogP contribution in [0.2, 0.25) is 0 Å². The highest BCUT2D eigenvalue weighted by molar-refractivity contribution is 5.84. The van der Waals surface area contributed by atoms with Crippen molar-refractivity contribution in [1.29, 1.82) is 0 Å². The molecule has 15 heavy (non-hydrogen) atoms. The molecule has 0 unspecified atom stereocenters. The van der Waals surface area contributed by atoms with E-state index in [1.54, 1.807) is 0 Å². The molecule has 2 aliphatic carbocycles. The van der Waals surface area contributed by atoms with Crippen LogP contribution in [0.5, 0.6) is 0 Å². The van der Waals surface area contributed by atoms with Gasteiger partial charge in [0.05, 0.1) is 0 Å². The van der Waals surface area contributed by atoms with Crippen molar-refractivity contribution in [3.63, 3.8) is 0 Å². The molecule has 0 N–H and O–H groups in total. The molecule has 2 rings (SSSR count). The van der Waals surface area contributed by atoms with E-state index >= 15 is 0 Å². The maximum atomic E-state index is 12.0. The average molecular weight is 208 g/mol. The predicted molar refractivity (Wildman–Crippen MR) is 62.7 cm³/mol. The number of Topliss-reactive ketones (excluding diaryl/α,β-unsaturated/α-hetero) is 1. The largest absolute Gasteiger partial charge is 0.299 e. The van der Waals surface area contributed by atoms with Crippen molar-refractivity contribution >= 4 is 5.78 Å². The van der Waals surface area contributed by atoms with Gasteiger partial charge in [-0.2, -0.15) is 0 Å². The van der Waals surface area contributed by atoms with E-state index < -0.39 is 0 Å². The van der Waals surface area contributed by atoms with Crippen molar-refractivity contribution in [3.8, 4) is 0 Å². The van der Waals surface area contributed by atoms with Gasteiger partial charge in [-0.15, -0.1) is 0 Å². The van der Waals surface area contributed by atoms with Crippen LogP contribution in [0.15, 0.2) is 0 Å². The van der Waals surface area contributed by atoms with Crippen LogP contribution >= 0.6 is 0 Å². The maximum Gasteiger partial charge on any atom is 0.139 e. The smallest absolute Gasteiger partial charge is 0.139 e. The number of rotatable bonds is 4. The molecular formula is C14H24O. The van der Waals surface area contributed by atoms with Crippen molar-refractivity contribution in [2.24, 2.45) is 17.8 Å². The Hall–Kier alpha value is -0.330. The van der Waals surface area contributed by atoms with Crippen molar-refractivity contribution in [2.45, 2.75) is 64.7 Å². The van der Waals surface area contributed by atoms with Gasteiger partial charge in [-0.3, -0.25) is 4.79 Å². The third kappa shape index (κ3) is 2.62. The maximum absolute atomic E-state index is 12.0. The lowest BCUT2D eigenvalue weighted by Crippen LogP contribution is -2.31. The first kappa shape index (κ1) is 11.2. The van der Waals surface area contributed by atoms with Crippen LogP contribution in [0.3, 0.4) is 0 Å². The second-order valence-electron chi connectivity index (χ2n) is 5.54. The van der Waals surface area contributed by atoms with Crippen LogP contribution in [-0.2, 0) is 4.79 Å². The first-order valence-corrected chi connectivity index (χ1v) is 6.85. The van der Waals surface area contributed by atoms with Gasteiger partial charge in [0, 0.05) is 11.8 Å². The van der Waals surface area contributed by atoms with E-state index in [1.807, 2.05) is 0 Å². The molecule has 0 aliphatic heterocycles. The van der Waals surface area contributed by atoms with Gasteiger partial charge < -0.3 is 0 Å². The fourth-order valence-corrected chi connectivity index (χ4v) is 3.17. The highest BCUT2D eigenvalue weighted by Crippen LogP contribution is 2.37. The molecule has 0 radical (unpaired) electrons. The molecule has 86 valence electrons. The zero-order valence-electron chi connectivity index (χ0n) is 10.0. The molecule has 0 aromatic rings. The van der Waals surface area contributed by atoms with Crippen LogP contribution < -0.4 is 0 Å². The minimum absolute atomic E-state index is 0.448. The Kier molecular flexibility index (Phi) is 3.82. The Morgan fingerprint density at radius 3 is 2.07 bits per heavy atom. The summed E-state index contributed by atoms with van der Waals surface area (Å²) in [6.07, 6.45) is 11.4. The van der Waals surface area contributed by atoms with Gasteiger partial charge in [0.1, 0.15) is 5.78 Å². The lowest BCUT2D eigenvalue weighted by Gasteiger charge is -2.32. The summed E-state index contributed by atoms with van der Waals surface area (Å²) < 4.78 is 0. The van der Waals surface area contributed by atoms with E-state index in [2.05, 4.69) is 6.92 Å². The summed E-state index contributed by atoms with van der Waals surface area (Å²) in [7, 11) is 0. The van der Waals surface area contributed by atoms with Crippen LogP contribution in [0.1, 0.15) is 64.7 Å². The lowest BCUT2D eigenvalue weighted by molar-refractivity contribution is -0.130. The van der Waals surface area contributed by atoms with Gasteiger partial charge in [0.15, 0.2) is 0 Å². The number of hydrogen-bond donors (Lipinski definition) is 0. The third-order valence-electron chi connectivity index (χ3n) is 4.45. The van der Waals surface area contributed by atoms with Gasteiger partial charge in [-0.05, 0) is 44.4 Å². The summed E-state index contributed by atoms with van der Waals surface area (Å²) in [6.45, 7) is 2.27. The molecule has 0 heterocycles. The first-order chi connectivity index (χ1) is 7.31. The molecule has 1 nitrogen and oxygen atoms in total. The Morgan fingerprint density at radius 2 is 1.60 bits per heavy atom. The summed E-state index contributed by atoms with van der Waals surface area (Å²) in [5, 5.41) is 0. The summed E-state index contributed by atoms with van der Waals surface area (Å²) in [5.74, 6) is 2.47. The highest BCUT2D eigenvalue weighted by atomic mass is 16.1. The van der Waals surface area contributed by atoms with Crippen LogP contribution in [0.4, 0.5) is 0 Å². The second kappa shape index (κ2) is 5.14. The Balaban J connectivity index is 1.74. The van der Waals surface area contributed by atoms with Gasteiger partial charge in [-0.25, -0.2) is 0 Å². The highest BCUT2D eigenvalue weighted by Gasteiger charge is 2.33. The molecule has 1 heteroatoms. The SMILES string of the molecule is CCCC1CCC(C(=O)C2CCC2)CC1. The second-order valence-corrected chi connectivity index (χ2v) is 5.54. The summed E-state index contributed by atoms with van der Waals surface area (Å²) in [5.41, 5.74) is 0. The van der Waals surface area contributed by atoms with Gasteiger partial charge in [0.2, 0.25) is 0 Å². The zero-order chi connectivity index (χ0) is 10.7. The molecule has 0 spiro atoms. The summed E-state index contributed by atoms with van der Waals surface area (Å²) in [4.78, 5) is 12.0. The van der Waals surface area contributed by atoms with E-state index in [0.29, 0.717) is 17.6 Å². The van der Waals surface area contributed by atoms with Gasteiger partial charge >= 0.3 is 0 Å². The van der Waals surface area contributed by atoms with Crippen LogP contribution in [0, 0.1) is 17.8 Å². The van der Waals surface area contributed by atoms with E-state index in [-0.39, 0.29) is 0 Å². The Bertz CT molecular complexity index is 209. The topological polar surface area (TPSA) is 17.1 Å². The Labute approximate surface area is 93.6 Å². The number of carbonyl (C=O) groups is 1. The molecule has 2 saturated carbocycles. The standard InChI is InChI=1S/C14H24O/c1-2-4-11-7-9-13(10-8-11)14(15)12-5-3-6-12/h11-13H,2-10H2,1H3. The fourth-order valence-electron chi connectivity index (χ4n) is 3.17. The lowest BCUT2D eigenvalue weighted by atomic mass is 9.71. The van der Waals surface area contributed by atoms with E-state index in [4.69, 9.17) is 0 Å². The molecule has 0 atom stereocenters.